The van der Waals surface area contributed by atoms with Gasteiger partial charge < -0.3 is 4.90 Å². The predicted molar refractivity (Wildman–Crippen MR) is 335 cm³/mol. The first-order valence-electron chi connectivity index (χ1n) is 29.7. The maximum Gasteiger partial charge on any atom is 0.0726 e. The van der Waals surface area contributed by atoms with Crippen molar-refractivity contribution in [2.24, 2.45) is 11.8 Å². The third-order valence-electron chi connectivity index (χ3n) is 20.7. The van der Waals surface area contributed by atoms with Crippen LogP contribution in [0.1, 0.15) is 137 Å². The molecule has 390 valence electrons. The van der Waals surface area contributed by atoms with E-state index < -0.39 is 5.41 Å². The highest BCUT2D eigenvalue weighted by Gasteiger charge is 2.57. The molecule has 2 saturated carbocycles. The van der Waals surface area contributed by atoms with Crippen LogP contribution >= 0.6 is 0 Å². The predicted octanol–water partition coefficient (Wildman–Crippen LogP) is 20.8. The molecular formula is C79H69N. The normalized spacial score (nSPS) is 19.6. The van der Waals surface area contributed by atoms with Gasteiger partial charge in [0.05, 0.1) is 5.41 Å². The van der Waals surface area contributed by atoms with Gasteiger partial charge in [0.2, 0.25) is 0 Å². The zero-order valence-corrected chi connectivity index (χ0v) is 47.6. The number of hydrogen-bond donors (Lipinski definition) is 0. The van der Waals surface area contributed by atoms with Gasteiger partial charge in [-0.15, -0.1) is 0 Å². The summed E-state index contributed by atoms with van der Waals surface area (Å²) in [7, 11) is 0. The average Bonchev–Trinajstić information content (AvgIpc) is 4.22. The van der Waals surface area contributed by atoms with E-state index in [4.69, 9.17) is 0 Å². The van der Waals surface area contributed by atoms with Crippen molar-refractivity contribution in [3.05, 3.63) is 268 Å². The van der Waals surface area contributed by atoms with Gasteiger partial charge in [-0.25, -0.2) is 0 Å². The van der Waals surface area contributed by atoms with Crippen molar-refractivity contribution in [1.29, 1.82) is 0 Å². The van der Waals surface area contributed by atoms with Crippen LogP contribution in [0, 0.1) is 11.8 Å². The summed E-state index contributed by atoms with van der Waals surface area (Å²) in [5.41, 5.74) is 33.0. The molecule has 6 aliphatic carbocycles. The number of benzene rings is 10. The molecule has 80 heavy (non-hydrogen) atoms. The summed E-state index contributed by atoms with van der Waals surface area (Å²) in [6.07, 6.45) is 5.27. The highest BCUT2D eigenvalue weighted by atomic mass is 15.1. The van der Waals surface area contributed by atoms with Crippen molar-refractivity contribution >= 4 is 17.1 Å². The minimum absolute atomic E-state index is 0.0270. The number of anilines is 3. The fraction of sp³-hybridized carbons (Fsp3) is 0.241. The van der Waals surface area contributed by atoms with E-state index in [1.165, 1.54) is 154 Å². The first kappa shape index (κ1) is 48.0. The zero-order chi connectivity index (χ0) is 54.2. The molecule has 0 aromatic heterocycles. The molecule has 16 rings (SSSR count). The van der Waals surface area contributed by atoms with Crippen LogP contribution in [0.15, 0.2) is 212 Å². The molecule has 10 aromatic carbocycles. The highest BCUT2D eigenvalue weighted by Crippen LogP contribution is 2.67. The molecule has 0 saturated heterocycles. The van der Waals surface area contributed by atoms with E-state index >= 15 is 0 Å². The molecule has 0 heterocycles. The van der Waals surface area contributed by atoms with E-state index in [9.17, 15) is 0 Å². The largest absolute Gasteiger partial charge is 0.310 e. The van der Waals surface area contributed by atoms with Crippen molar-refractivity contribution in [2.45, 2.75) is 108 Å². The summed E-state index contributed by atoms with van der Waals surface area (Å²) >= 11 is 0. The first-order valence-corrected chi connectivity index (χ1v) is 29.7. The van der Waals surface area contributed by atoms with Crippen LogP contribution < -0.4 is 4.90 Å². The maximum atomic E-state index is 2.64. The summed E-state index contributed by atoms with van der Waals surface area (Å²) in [6.45, 7) is 19.0. The lowest BCUT2D eigenvalue weighted by molar-refractivity contribution is 0.327. The number of nitrogens with zero attached hydrogens (tertiary/aromatic N) is 1. The molecule has 3 atom stereocenters. The summed E-state index contributed by atoms with van der Waals surface area (Å²) < 4.78 is 0. The molecule has 0 aliphatic heterocycles. The van der Waals surface area contributed by atoms with Gasteiger partial charge in [0.25, 0.3) is 0 Å². The standard InChI is InChI=1S/C79H69N/c1-75(2,3)50-32-38-62-63-39-33-51(76(4,5)6)44-72(63)79(71(62)43-50)69-27-16-13-21-59(69)64-41-37-55(46-73(64)79)80(54-36-40-61-58-20-12-15-26-68(58)78(70(61)45-54)47-48-28-31-52(78)42-48)53-34-29-49(30-35-53)56-18-9-10-19-57(56)65-23-17-24-66-60-22-11-14-25-67(60)77(7,8)74(65)66/h9-27,29-30,32-41,43-46,48,52H,28,31,42,47H2,1-8H3. The molecule has 1 heteroatoms. The van der Waals surface area contributed by atoms with Crippen LogP contribution in [-0.4, -0.2) is 0 Å². The monoisotopic (exact) mass is 1030 g/mol. The molecule has 2 spiro atoms. The van der Waals surface area contributed by atoms with E-state index in [2.05, 4.69) is 273 Å². The Bertz CT molecular complexity index is 4200. The van der Waals surface area contributed by atoms with Crippen molar-refractivity contribution < 1.29 is 0 Å². The Balaban J connectivity index is 0.910. The van der Waals surface area contributed by atoms with Crippen LogP contribution in [0.5, 0.6) is 0 Å². The smallest absolute Gasteiger partial charge is 0.0726 e. The second-order valence-corrected chi connectivity index (χ2v) is 27.2. The molecule has 0 N–H and O–H groups in total. The molecule has 2 bridgehead atoms. The van der Waals surface area contributed by atoms with Crippen molar-refractivity contribution in [3.63, 3.8) is 0 Å². The molecule has 6 aliphatic rings. The summed E-state index contributed by atoms with van der Waals surface area (Å²) in [4.78, 5) is 2.61. The molecule has 3 unspecified atom stereocenters. The third-order valence-corrected chi connectivity index (χ3v) is 20.7. The molecule has 10 aromatic rings. The minimum atomic E-state index is -0.519. The van der Waals surface area contributed by atoms with Gasteiger partial charge in [0.1, 0.15) is 0 Å². The van der Waals surface area contributed by atoms with Gasteiger partial charge in [-0.1, -0.05) is 238 Å². The van der Waals surface area contributed by atoms with Crippen molar-refractivity contribution in [3.8, 4) is 66.8 Å². The molecule has 0 radical (unpaired) electrons. The fourth-order valence-corrected chi connectivity index (χ4v) is 17.0. The quantitative estimate of drug-likeness (QED) is 0.166. The summed E-state index contributed by atoms with van der Waals surface area (Å²) in [5, 5.41) is 0. The van der Waals surface area contributed by atoms with E-state index in [0.29, 0.717) is 5.92 Å². The van der Waals surface area contributed by atoms with Crippen molar-refractivity contribution in [1.82, 2.24) is 0 Å². The van der Waals surface area contributed by atoms with Gasteiger partial charge in [-0.3, -0.25) is 0 Å². The van der Waals surface area contributed by atoms with Crippen molar-refractivity contribution in [2.75, 3.05) is 4.90 Å². The van der Waals surface area contributed by atoms with Gasteiger partial charge in [-0.2, -0.15) is 0 Å². The molecule has 0 amide bonds. The van der Waals surface area contributed by atoms with Gasteiger partial charge in [0.15, 0.2) is 0 Å². The Hall–Kier alpha value is -8.00. The summed E-state index contributed by atoms with van der Waals surface area (Å²) in [6, 6.07) is 83.3. The van der Waals surface area contributed by atoms with Crippen LogP contribution in [-0.2, 0) is 27.1 Å². The van der Waals surface area contributed by atoms with E-state index in [1.807, 2.05) is 0 Å². The molecular weight excluding hydrogens is 963 g/mol. The zero-order valence-electron chi connectivity index (χ0n) is 47.6. The van der Waals surface area contributed by atoms with E-state index in [0.717, 1.165) is 11.6 Å². The fourth-order valence-electron chi connectivity index (χ4n) is 17.0. The highest BCUT2D eigenvalue weighted by molar-refractivity contribution is 5.98. The second kappa shape index (κ2) is 16.5. The lowest BCUT2D eigenvalue weighted by Crippen LogP contribution is -2.32. The second-order valence-electron chi connectivity index (χ2n) is 27.2. The van der Waals surface area contributed by atoms with Crippen LogP contribution in [0.2, 0.25) is 0 Å². The SMILES string of the molecule is CC(C)(C)c1ccc2c(c1)C1(c3ccccc3-c3ccc(N(c4ccc(-c5ccccc5-c5cccc6c5C(C)(C)c5ccccc5-6)cc4)c4ccc5c(c4)C4(CC6CCC4C6)c4ccccc4-5)cc31)c1cc(C(C)(C)C)ccc1-2. The van der Waals surface area contributed by atoms with Crippen LogP contribution in [0.4, 0.5) is 17.1 Å². The van der Waals surface area contributed by atoms with Crippen LogP contribution in [0.25, 0.3) is 66.8 Å². The third kappa shape index (κ3) is 6.41. The Morgan fingerprint density at radius 3 is 1.38 bits per heavy atom. The van der Waals surface area contributed by atoms with Gasteiger partial charge >= 0.3 is 0 Å². The van der Waals surface area contributed by atoms with E-state index in [1.54, 1.807) is 5.56 Å². The Morgan fingerprint density at radius 1 is 0.362 bits per heavy atom. The lowest BCUT2D eigenvalue weighted by Gasteiger charge is -2.37. The minimum Gasteiger partial charge on any atom is -0.310 e. The van der Waals surface area contributed by atoms with Gasteiger partial charge in [0, 0.05) is 27.9 Å². The Kier molecular flexibility index (Phi) is 9.92. The Labute approximate surface area is 474 Å². The number of hydrogen-bond acceptors (Lipinski definition) is 1. The maximum absolute atomic E-state index is 2.64. The molecule has 2 fully saturated rings. The Morgan fingerprint density at radius 2 is 0.800 bits per heavy atom. The first-order chi connectivity index (χ1) is 38.7. The summed E-state index contributed by atoms with van der Waals surface area (Å²) in [5.74, 6) is 1.46. The topological polar surface area (TPSA) is 3.24 Å². The molecule has 1 nitrogen and oxygen atoms in total. The average molecular weight is 1030 g/mol. The number of fused-ring (bicyclic) bond motifs is 21. The lowest BCUT2D eigenvalue weighted by atomic mass is 9.67. The van der Waals surface area contributed by atoms with Gasteiger partial charge in [-0.05, 0) is 201 Å². The number of rotatable bonds is 5. The van der Waals surface area contributed by atoms with Crippen LogP contribution in [0.3, 0.4) is 0 Å². The van der Waals surface area contributed by atoms with E-state index in [-0.39, 0.29) is 21.7 Å².